The quantitative estimate of drug-likeness (QED) is 0.802. The second kappa shape index (κ2) is 7.25. The van der Waals surface area contributed by atoms with E-state index >= 15 is 0 Å². The molecular weight excluding hydrogens is 276 g/mol. The third-order valence-electron chi connectivity index (χ3n) is 4.33. The molecule has 22 heavy (non-hydrogen) atoms. The number of amides is 1. The molecule has 1 aliphatic carbocycles. The van der Waals surface area contributed by atoms with Gasteiger partial charge in [-0.05, 0) is 46.3 Å². The average Bonchev–Trinajstić information content (AvgIpc) is 3.23. The summed E-state index contributed by atoms with van der Waals surface area (Å²) in [7, 11) is 3.89. The van der Waals surface area contributed by atoms with E-state index in [9.17, 15) is 4.79 Å². The van der Waals surface area contributed by atoms with Gasteiger partial charge in [-0.15, -0.1) is 0 Å². The number of rotatable bonds is 8. The minimum atomic E-state index is -0.247. The molecule has 0 aliphatic heterocycles. The molecule has 1 N–H and O–H groups in total. The predicted molar refractivity (Wildman–Crippen MR) is 88.8 cm³/mol. The Balaban J connectivity index is 1.99. The number of carbonyl (C=O) groups excluding carboxylic acids is 1. The van der Waals surface area contributed by atoms with Crippen LogP contribution in [0.2, 0.25) is 0 Å². The molecule has 1 aliphatic rings. The fraction of sp³-hybridized carbons (Fsp3) is 0.611. The molecule has 1 saturated carbocycles. The van der Waals surface area contributed by atoms with Gasteiger partial charge in [0.25, 0.3) is 0 Å². The number of nitrogens with zero attached hydrogens (tertiary/aromatic N) is 1. The van der Waals surface area contributed by atoms with Gasteiger partial charge in [-0.3, -0.25) is 9.69 Å². The van der Waals surface area contributed by atoms with Gasteiger partial charge in [0.2, 0.25) is 5.91 Å². The molecule has 0 aromatic heterocycles. The van der Waals surface area contributed by atoms with Crippen LogP contribution in [0.4, 0.5) is 0 Å². The van der Waals surface area contributed by atoms with Gasteiger partial charge < -0.3 is 10.1 Å². The Kier molecular flexibility index (Phi) is 5.59. The summed E-state index contributed by atoms with van der Waals surface area (Å²) in [5.41, 5.74) is 2.39. The van der Waals surface area contributed by atoms with E-state index in [2.05, 4.69) is 24.4 Å². The zero-order chi connectivity index (χ0) is 16.2. The summed E-state index contributed by atoms with van der Waals surface area (Å²) in [6, 6.07) is 7.91. The zero-order valence-electron chi connectivity index (χ0n) is 14.2. The molecule has 0 radical (unpaired) electrons. The molecule has 1 aromatic carbocycles. The molecule has 0 heterocycles. The van der Waals surface area contributed by atoms with Gasteiger partial charge in [-0.25, -0.2) is 0 Å². The van der Waals surface area contributed by atoms with Crippen molar-refractivity contribution in [2.75, 3.05) is 33.9 Å². The van der Waals surface area contributed by atoms with Crippen molar-refractivity contribution in [3.05, 3.63) is 35.4 Å². The number of ether oxygens (including phenoxy) is 1. The maximum absolute atomic E-state index is 12.7. The van der Waals surface area contributed by atoms with Crippen LogP contribution in [0.25, 0.3) is 0 Å². The summed E-state index contributed by atoms with van der Waals surface area (Å²) in [6.45, 7) is 6.26. The van der Waals surface area contributed by atoms with Gasteiger partial charge in [-0.1, -0.05) is 29.8 Å². The Morgan fingerprint density at radius 1 is 1.41 bits per heavy atom. The van der Waals surface area contributed by atoms with Gasteiger partial charge in [-0.2, -0.15) is 0 Å². The molecule has 0 spiro atoms. The van der Waals surface area contributed by atoms with Crippen LogP contribution in [0, 0.1) is 12.3 Å². The highest BCUT2D eigenvalue weighted by molar-refractivity contribution is 5.83. The number of aryl methyl sites for hydroxylation is 1. The molecule has 1 unspecified atom stereocenters. The number of hydrogen-bond donors (Lipinski definition) is 1. The first-order valence-corrected chi connectivity index (χ1v) is 8.06. The first-order valence-electron chi connectivity index (χ1n) is 8.06. The molecule has 1 aromatic rings. The van der Waals surface area contributed by atoms with E-state index in [4.69, 9.17) is 4.74 Å². The summed E-state index contributed by atoms with van der Waals surface area (Å²) >= 11 is 0. The second-order valence-electron chi connectivity index (χ2n) is 6.64. The van der Waals surface area contributed by atoms with E-state index in [1.807, 2.05) is 38.1 Å². The van der Waals surface area contributed by atoms with E-state index < -0.39 is 0 Å². The number of nitrogens with one attached hydrogen (secondary N) is 1. The number of likely N-dealkylation sites (N-methyl/N-ethyl adjacent to an activating group) is 1. The average molecular weight is 304 g/mol. The largest absolute Gasteiger partial charge is 0.381 e. The van der Waals surface area contributed by atoms with Crippen LogP contribution in [0.5, 0.6) is 0 Å². The highest BCUT2D eigenvalue weighted by atomic mass is 16.5. The van der Waals surface area contributed by atoms with Crippen LogP contribution >= 0.6 is 0 Å². The SMILES string of the molecule is CCOCC1(CNC(=O)C(c2cccc(C)c2)N(C)C)CC1. The van der Waals surface area contributed by atoms with Gasteiger partial charge in [0.05, 0.1) is 6.61 Å². The van der Waals surface area contributed by atoms with E-state index in [-0.39, 0.29) is 17.4 Å². The van der Waals surface area contributed by atoms with Crippen LogP contribution in [0.1, 0.15) is 36.9 Å². The fourth-order valence-electron chi connectivity index (χ4n) is 2.76. The van der Waals surface area contributed by atoms with Crippen molar-refractivity contribution in [2.45, 2.75) is 32.7 Å². The molecule has 1 amide bonds. The minimum Gasteiger partial charge on any atom is -0.381 e. The molecule has 0 bridgehead atoms. The zero-order valence-corrected chi connectivity index (χ0v) is 14.2. The second-order valence-corrected chi connectivity index (χ2v) is 6.64. The molecule has 1 atom stereocenters. The van der Waals surface area contributed by atoms with E-state index in [1.165, 1.54) is 5.56 Å². The van der Waals surface area contributed by atoms with Gasteiger partial charge in [0, 0.05) is 18.6 Å². The Labute approximate surface area is 133 Å². The molecule has 4 nitrogen and oxygen atoms in total. The Hall–Kier alpha value is -1.39. The number of benzene rings is 1. The molecule has 122 valence electrons. The van der Waals surface area contributed by atoms with Crippen molar-refractivity contribution in [3.63, 3.8) is 0 Å². The Morgan fingerprint density at radius 3 is 2.68 bits per heavy atom. The summed E-state index contributed by atoms with van der Waals surface area (Å²) in [4.78, 5) is 14.6. The van der Waals surface area contributed by atoms with Crippen molar-refractivity contribution in [1.29, 1.82) is 0 Å². The molecule has 2 rings (SSSR count). The lowest BCUT2D eigenvalue weighted by atomic mass is 10.0. The normalized spacial score (nSPS) is 17.3. The molecule has 0 saturated heterocycles. The highest BCUT2D eigenvalue weighted by Crippen LogP contribution is 2.45. The standard InChI is InChI=1S/C18H28N2O2/c1-5-22-13-18(9-10-18)12-19-17(21)16(20(3)4)15-8-6-7-14(2)11-15/h6-8,11,16H,5,9-10,12-13H2,1-4H3,(H,19,21). The van der Waals surface area contributed by atoms with Crippen LogP contribution < -0.4 is 5.32 Å². The van der Waals surface area contributed by atoms with Crippen LogP contribution in [-0.2, 0) is 9.53 Å². The lowest BCUT2D eigenvalue weighted by Crippen LogP contribution is -2.40. The summed E-state index contributed by atoms with van der Waals surface area (Å²) < 4.78 is 5.54. The van der Waals surface area contributed by atoms with E-state index in [0.717, 1.165) is 31.6 Å². The van der Waals surface area contributed by atoms with Crippen molar-refractivity contribution >= 4 is 5.91 Å². The number of hydrogen-bond acceptors (Lipinski definition) is 3. The Morgan fingerprint density at radius 2 is 2.14 bits per heavy atom. The molecule has 1 fully saturated rings. The lowest BCUT2D eigenvalue weighted by molar-refractivity contribution is -0.126. The van der Waals surface area contributed by atoms with Crippen molar-refractivity contribution in [1.82, 2.24) is 10.2 Å². The summed E-state index contributed by atoms with van der Waals surface area (Å²) in [6.07, 6.45) is 2.29. The topological polar surface area (TPSA) is 41.6 Å². The first kappa shape index (κ1) is 17.0. The molecule has 4 heteroatoms. The van der Waals surface area contributed by atoms with Gasteiger partial charge in [0.15, 0.2) is 0 Å². The maximum Gasteiger partial charge on any atom is 0.241 e. The third kappa shape index (κ3) is 4.31. The van der Waals surface area contributed by atoms with Crippen molar-refractivity contribution < 1.29 is 9.53 Å². The van der Waals surface area contributed by atoms with E-state index in [0.29, 0.717) is 6.54 Å². The van der Waals surface area contributed by atoms with E-state index in [1.54, 1.807) is 0 Å². The molecular formula is C18H28N2O2. The van der Waals surface area contributed by atoms with Crippen LogP contribution in [0.3, 0.4) is 0 Å². The minimum absolute atomic E-state index is 0.0679. The summed E-state index contributed by atoms with van der Waals surface area (Å²) in [5.74, 6) is 0.0679. The lowest BCUT2D eigenvalue weighted by Gasteiger charge is -2.25. The van der Waals surface area contributed by atoms with Crippen molar-refractivity contribution in [2.24, 2.45) is 5.41 Å². The van der Waals surface area contributed by atoms with Crippen LogP contribution in [-0.4, -0.2) is 44.7 Å². The highest BCUT2D eigenvalue weighted by Gasteiger charge is 2.43. The monoisotopic (exact) mass is 304 g/mol. The summed E-state index contributed by atoms with van der Waals surface area (Å²) in [5, 5.41) is 3.13. The fourth-order valence-corrected chi connectivity index (χ4v) is 2.76. The Bertz CT molecular complexity index is 510. The first-order chi connectivity index (χ1) is 10.5. The smallest absolute Gasteiger partial charge is 0.241 e. The van der Waals surface area contributed by atoms with Crippen LogP contribution in [0.15, 0.2) is 24.3 Å². The van der Waals surface area contributed by atoms with Gasteiger partial charge >= 0.3 is 0 Å². The third-order valence-corrected chi connectivity index (χ3v) is 4.33. The number of carbonyl (C=O) groups is 1. The maximum atomic E-state index is 12.7. The van der Waals surface area contributed by atoms with Gasteiger partial charge in [0.1, 0.15) is 6.04 Å². The predicted octanol–water partition coefficient (Wildman–Crippen LogP) is 2.53. The van der Waals surface area contributed by atoms with Crippen molar-refractivity contribution in [3.8, 4) is 0 Å².